The smallest absolute Gasteiger partial charge is 0.280 e. The van der Waals surface area contributed by atoms with Crippen LogP contribution in [0, 0.1) is 12.8 Å². The molecule has 0 spiro atoms. The molecule has 0 aliphatic heterocycles. The first-order valence-electron chi connectivity index (χ1n) is 10.3. The summed E-state index contributed by atoms with van der Waals surface area (Å²) in [6.45, 7) is 5.93. The highest BCUT2D eigenvalue weighted by atomic mass is 35.5. The van der Waals surface area contributed by atoms with Gasteiger partial charge in [-0.25, -0.2) is 4.68 Å². The molecule has 0 saturated heterocycles. The Morgan fingerprint density at radius 1 is 1.24 bits per heavy atom. The fourth-order valence-corrected chi connectivity index (χ4v) is 3.98. The van der Waals surface area contributed by atoms with Gasteiger partial charge in [0.25, 0.3) is 5.91 Å². The van der Waals surface area contributed by atoms with E-state index in [4.69, 9.17) is 11.6 Å². The number of hydrogen-bond acceptors (Lipinski definition) is 4. The highest BCUT2D eigenvalue weighted by Crippen LogP contribution is 2.43. The highest BCUT2D eigenvalue weighted by molar-refractivity contribution is 6.34. The average Bonchev–Trinajstić information content (AvgIpc) is 3.53. The summed E-state index contributed by atoms with van der Waals surface area (Å²) in [6.07, 6.45) is 5.40. The van der Waals surface area contributed by atoms with Gasteiger partial charge in [0.05, 0.1) is 22.0 Å². The Labute approximate surface area is 178 Å². The molecule has 0 amide bonds. The number of rotatable bonds is 3. The third-order valence-corrected chi connectivity index (χ3v) is 5.49. The van der Waals surface area contributed by atoms with Gasteiger partial charge >= 0.3 is 0 Å². The molecule has 4 rings (SSSR count). The van der Waals surface area contributed by atoms with E-state index in [-0.39, 0.29) is 11.8 Å². The zero-order valence-corrected chi connectivity index (χ0v) is 18.8. The van der Waals surface area contributed by atoms with Gasteiger partial charge in [-0.1, -0.05) is 37.6 Å². The number of halogens is 1. The first-order valence-corrected chi connectivity index (χ1v) is 10.7. The summed E-state index contributed by atoms with van der Waals surface area (Å²) in [5.41, 5.74) is 4.46. The lowest BCUT2D eigenvalue weighted by atomic mass is 9.87. The normalized spacial score (nSPS) is 17.2. The predicted molar refractivity (Wildman–Crippen MR) is 116 cm³/mol. The van der Waals surface area contributed by atoms with Crippen molar-refractivity contribution in [2.75, 3.05) is 14.2 Å². The Hall–Kier alpha value is -1.98. The molecule has 1 aromatic carbocycles. The summed E-state index contributed by atoms with van der Waals surface area (Å²) in [6, 6.07) is 5.66. The van der Waals surface area contributed by atoms with Gasteiger partial charge in [-0.15, -0.1) is 0 Å². The molecule has 1 aromatic heterocycles. The minimum Gasteiger partial charge on any atom is -0.388 e. The molecule has 2 aromatic rings. The molecule has 0 bridgehead atoms. The first kappa shape index (κ1) is 23.3. The van der Waals surface area contributed by atoms with Crippen LogP contribution in [-0.2, 0) is 22.4 Å². The predicted octanol–water partition coefficient (Wildman–Crippen LogP) is 5.00. The molecule has 1 saturated carbocycles. The molecule has 158 valence electrons. The van der Waals surface area contributed by atoms with E-state index in [9.17, 15) is 9.59 Å². The number of ether oxygens (including phenoxy) is 1. The summed E-state index contributed by atoms with van der Waals surface area (Å²) in [7, 11) is 3.25. The van der Waals surface area contributed by atoms with E-state index in [1.807, 2.05) is 32.9 Å². The molecule has 6 heteroatoms. The van der Waals surface area contributed by atoms with Gasteiger partial charge in [0.15, 0.2) is 0 Å². The molecular formula is C23H31ClN2O3. The molecule has 1 fully saturated rings. The molecule has 2 aliphatic rings. The quantitative estimate of drug-likeness (QED) is 0.658. The maximum Gasteiger partial charge on any atom is 0.280 e. The van der Waals surface area contributed by atoms with Crippen molar-refractivity contribution in [1.29, 1.82) is 0 Å². The van der Waals surface area contributed by atoms with E-state index in [1.54, 1.807) is 20.3 Å². The molecule has 2 aliphatic carbocycles. The van der Waals surface area contributed by atoms with Crippen LogP contribution in [0.5, 0.6) is 0 Å². The van der Waals surface area contributed by atoms with Crippen molar-refractivity contribution in [2.45, 2.75) is 58.8 Å². The van der Waals surface area contributed by atoms with E-state index in [2.05, 4.69) is 9.84 Å². The van der Waals surface area contributed by atoms with Crippen molar-refractivity contribution in [2.24, 2.45) is 5.92 Å². The van der Waals surface area contributed by atoms with Gasteiger partial charge in [0.2, 0.25) is 0 Å². The second-order valence-electron chi connectivity index (χ2n) is 7.25. The van der Waals surface area contributed by atoms with Crippen molar-refractivity contribution in [3.05, 3.63) is 51.3 Å². The standard InChI is InChI=1S/C19H19ClN2O2.C2H6O.C2H6/c1-11-14-8-5-12(10-23)9-17(14)22(21-11)19(24)18-15(13-6-7-13)3-2-4-16(18)20;1-3-2;1-2/h2-4,10,12-13H,5-9H2,1H3;1-2H3;1-2H3. The zero-order valence-electron chi connectivity index (χ0n) is 18.0. The maximum atomic E-state index is 13.2. The number of aromatic nitrogens is 2. The van der Waals surface area contributed by atoms with Crippen LogP contribution < -0.4 is 0 Å². The lowest BCUT2D eigenvalue weighted by Gasteiger charge is -2.19. The van der Waals surface area contributed by atoms with Crippen LogP contribution in [0.4, 0.5) is 0 Å². The molecule has 1 unspecified atom stereocenters. The van der Waals surface area contributed by atoms with Crippen LogP contribution in [0.3, 0.4) is 0 Å². The lowest BCUT2D eigenvalue weighted by molar-refractivity contribution is -0.111. The minimum absolute atomic E-state index is 0.0331. The number of hydrogen-bond donors (Lipinski definition) is 0. The highest BCUT2D eigenvalue weighted by Gasteiger charge is 2.32. The van der Waals surface area contributed by atoms with Crippen LogP contribution in [0.25, 0.3) is 0 Å². The van der Waals surface area contributed by atoms with Crippen molar-refractivity contribution < 1.29 is 14.3 Å². The monoisotopic (exact) mass is 418 g/mol. The number of aryl methyl sites for hydroxylation is 1. The van der Waals surface area contributed by atoms with Gasteiger partial charge in [0.1, 0.15) is 6.29 Å². The fourth-order valence-electron chi connectivity index (χ4n) is 3.71. The Kier molecular flexibility index (Phi) is 8.60. The van der Waals surface area contributed by atoms with Gasteiger partial charge in [-0.05, 0) is 62.1 Å². The van der Waals surface area contributed by atoms with Gasteiger partial charge in [-0.3, -0.25) is 4.79 Å². The molecule has 1 atom stereocenters. The third kappa shape index (κ3) is 5.14. The van der Waals surface area contributed by atoms with Crippen molar-refractivity contribution in [3.63, 3.8) is 0 Å². The number of fused-ring (bicyclic) bond motifs is 1. The summed E-state index contributed by atoms with van der Waals surface area (Å²) in [5.74, 6) is 0.227. The third-order valence-electron chi connectivity index (χ3n) is 5.17. The number of carbonyl (C=O) groups excluding carboxylic acids is 2. The summed E-state index contributed by atoms with van der Waals surface area (Å²) in [5, 5.41) is 4.97. The Bertz CT molecular complexity index is 856. The van der Waals surface area contributed by atoms with E-state index in [0.717, 1.165) is 54.5 Å². The Balaban J connectivity index is 0.000000551. The average molecular weight is 419 g/mol. The van der Waals surface area contributed by atoms with Crippen molar-refractivity contribution in [1.82, 2.24) is 9.78 Å². The van der Waals surface area contributed by atoms with Crippen molar-refractivity contribution >= 4 is 23.8 Å². The minimum atomic E-state index is -0.168. The topological polar surface area (TPSA) is 61.2 Å². The molecular weight excluding hydrogens is 388 g/mol. The zero-order chi connectivity index (χ0) is 21.6. The van der Waals surface area contributed by atoms with E-state index in [0.29, 0.717) is 22.9 Å². The number of aldehydes is 1. The molecule has 29 heavy (non-hydrogen) atoms. The second kappa shape index (κ2) is 10.7. The largest absolute Gasteiger partial charge is 0.388 e. The van der Waals surface area contributed by atoms with Crippen LogP contribution in [0.2, 0.25) is 5.02 Å². The van der Waals surface area contributed by atoms with Gasteiger partial charge < -0.3 is 9.53 Å². The SMILES string of the molecule is CC.COC.Cc1nn(C(=O)c2c(Cl)cccc2C2CC2)c2c1CCC(C=O)C2. The van der Waals surface area contributed by atoms with Crippen LogP contribution >= 0.6 is 11.6 Å². The van der Waals surface area contributed by atoms with Crippen molar-refractivity contribution in [3.8, 4) is 0 Å². The van der Waals surface area contributed by atoms with E-state index < -0.39 is 0 Å². The molecule has 1 heterocycles. The molecule has 5 nitrogen and oxygen atoms in total. The number of methoxy groups -OCH3 is 1. The summed E-state index contributed by atoms with van der Waals surface area (Å²) < 4.78 is 5.74. The summed E-state index contributed by atoms with van der Waals surface area (Å²) >= 11 is 6.37. The molecule has 0 radical (unpaired) electrons. The first-order chi connectivity index (χ1) is 14.0. The van der Waals surface area contributed by atoms with Gasteiger partial charge in [-0.2, -0.15) is 5.10 Å². The van der Waals surface area contributed by atoms with E-state index in [1.165, 1.54) is 4.68 Å². The molecule has 0 N–H and O–H groups in total. The number of benzene rings is 1. The summed E-state index contributed by atoms with van der Waals surface area (Å²) in [4.78, 5) is 24.4. The fraction of sp³-hybridized carbons (Fsp3) is 0.522. The van der Waals surface area contributed by atoms with Crippen LogP contribution in [-0.4, -0.2) is 36.2 Å². The maximum absolute atomic E-state index is 13.2. The Morgan fingerprint density at radius 2 is 1.90 bits per heavy atom. The van der Waals surface area contributed by atoms with Gasteiger partial charge in [0, 0.05) is 20.1 Å². The second-order valence-corrected chi connectivity index (χ2v) is 7.66. The van der Waals surface area contributed by atoms with E-state index >= 15 is 0 Å². The van der Waals surface area contributed by atoms with Crippen LogP contribution in [0.15, 0.2) is 18.2 Å². The van der Waals surface area contributed by atoms with Crippen LogP contribution in [0.1, 0.15) is 71.9 Å². The number of nitrogens with zero attached hydrogens (tertiary/aromatic N) is 2. The lowest BCUT2D eigenvalue weighted by Crippen LogP contribution is -2.23. The number of carbonyl (C=O) groups is 2. The Morgan fingerprint density at radius 3 is 2.48 bits per heavy atom.